The molecule has 1 unspecified atom stereocenters. The third kappa shape index (κ3) is 4.20. The Balaban J connectivity index is 1.81. The first-order valence-corrected chi connectivity index (χ1v) is 9.67. The van der Waals surface area contributed by atoms with Crippen molar-refractivity contribution in [3.05, 3.63) is 90.3 Å². The lowest BCUT2D eigenvalue weighted by atomic mass is 10.0. The zero-order chi connectivity index (χ0) is 21.8. The number of benzene rings is 2. The molecule has 0 saturated carbocycles. The van der Waals surface area contributed by atoms with E-state index in [1.165, 1.54) is 6.92 Å². The number of ether oxygens (including phenoxy) is 1. The van der Waals surface area contributed by atoms with E-state index in [-0.39, 0.29) is 11.3 Å². The summed E-state index contributed by atoms with van der Waals surface area (Å²) in [5.74, 6) is -1.04. The SMILES string of the molecule is CC(=O)OC(NC(=O)c1c(N)c(-c2ccccc2)nc2ccccc12)c1ccccn1. The van der Waals surface area contributed by atoms with Crippen LogP contribution in [-0.2, 0) is 9.53 Å². The molecule has 2 heterocycles. The summed E-state index contributed by atoms with van der Waals surface area (Å²) in [7, 11) is 0. The lowest BCUT2D eigenvalue weighted by Gasteiger charge is -2.20. The summed E-state index contributed by atoms with van der Waals surface area (Å²) in [6.07, 6.45) is 0.500. The van der Waals surface area contributed by atoms with Crippen LogP contribution in [0.25, 0.3) is 22.2 Å². The van der Waals surface area contributed by atoms with E-state index in [0.29, 0.717) is 22.3 Å². The highest BCUT2D eigenvalue weighted by Gasteiger charge is 2.24. The van der Waals surface area contributed by atoms with Crippen molar-refractivity contribution in [2.45, 2.75) is 13.2 Å². The first kappa shape index (κ1) is 20.0. The molecular weight excluding hydrogens is 392 g/mol. The number of carbonyl (C=O) groups is 2. The molecule has 0 saturated heterocycles. The van der Waals surface area contributed by atoms with Crippen LogP contribution >= 0.6 is 0 Å². The highest BCUT2D eigenvalue weighted by molar-refractivity contribution is 6.12. The van der Waals surface area contributed by atoms with E-state index in [0.717, 1.165) is 5.56 Å². The molecule has 7 nitrogen and oxygen atoms in total. The third-order valence-electron chi connectivity index (χ3n) is 4.71. The Kier molecular flexibility index (Phi) is 5.57. The van der Waals surface area contributed by atoms with E-state index in [9.17, 15) is 9.59 Å². The minimum atomic E-state index is -1.06. The molecule has 1 atom stereocenters. The number of nitrogens with one attached hydrogen (secondary N) is 1. The van der Waals surface area contributed by atoms with Gasteiger partial charge in [0.15, 0.2) is 0 Å². The maximum Gasteiger partial charge on any atom is 0.304 e. The molecule has 0 aliphatic carbocycles. The summed E-state index contributed by atoms with van der Waals surface area (Å²) in [6, 6.07) is 21.8. The van der Waals surface area contributed by atoms with E-state index in [1.54, 1.807) is 30.5 Å². The molecule has 1 amide bonds. The fourth-order valence-electron chi connectivity index (χ4n) is 3.34. The predicted molar refractivity (Wildman–Crippen MR) is 118 cm³/mol. The number of hydrogen-bond donors (Lipinski definition) is 2. The number of rotatable bonds is 5. The van der Waals surface area contributed by atoms with Gasteiger partial charge in [0.1, 0.15) is 5.69 Å². The number of esters is 1. The number of anilines is 1. The summed E-state index contributed by atoms with van der Waals surface area (Å²) in [5, 5.41) is 3.34. The van der Waals surface area contributed by atoms with Crippen molar-refractivity contribution in [3.8, 4) is 11.3 Å². The van der Waals surface area contributed by atoms with Gasteiger partial charge in [0.25, 0.3) is 5.91 Å². The standard InChI is InChI=1S/C24H20N4O3/c1-15(29)31-24(19-13-7-8-14-26-19)28-23(30)20-17-11-5-6-12-18(17)27-22(21(20)25)16-9-3-2-4-10-16/h2-14,24H,25H2,1H3,(H,28,30). The summed E-state index contributed by atoms with van der Waals surface area (Å²) < 4.78 is 5.31. The number of nitrogens with zero attached hydrogens (tertiary/aromatic N) is 2. The number of amides is 1. The molecule has 7 heteroatoms. The number of nitrogen functional groups attached to an aromatic ring is 1. The topological polar surface area (TPSA) is 107 Å². The zero-order valence-corrected chi connectivity index (χ0v) is 16.8. The molecular formula is C24H20N4O3. The van der Waals surface area contributed by atoms with E-state index in [2.05, 4.69) is 15.3 Å². The molecule has 31 heavy (non-hydrogen) atoms. The van der Waals surface area contributed by atoms with Gasteiger partial charge in [0.05, 0.1) is 22.5 Å². The molecule has 4 aromatic rings. The second-order valence-electron chi connectivity index (χ2n) is 6.85. The average Bonchev–Trinajstić information content (AvgIpc) is 2.79. The summed E-state index contributed by atoms with van der Waals surface area (Å²) >= 11 is 0. The van der Waals surface area contributed by atoms with Crippen LogP contribution in [0.15, 0.2) is 79.0 Å². The van der Waals surface area contributed by atoms with Gasteiger partial charge in [-0.1, -0.05) is 54.6 Å². The maximum atomic E-state index is 13.4. The minimum absolute atomic E-state index is 0.241. The van der Waals surface area contributed by atoms with E-state index < -0.39 is 18.1 Å². The largest absolute Gasteiger partial charge is 0.436 e. The molecule has 154 valence electrons. The number of nitrogens with two attached hydrogens (primary N) is 1. The normalized spacial score (nSPS) is 11.6. The molecule has 0 spiro atoms. The predicted octanol–water partition coefficient (Wildman–Crippen LogP) is 3.87. The first-order chi connectivity index (χ1) is 15.0. The van der Waals surface area contributed by atoms with Gasteiger partial charge in [-0.25, -0.2) is 4.98 Å². The van der Waals surface area contributed by atoms with Gasteiger partial charge in [0, 0.05) is 24.1 Å². The van der Waals surface area contributed by atoms with Crippen LogP contribution in [-0.4, -0.2) is 21.8 Å². The van der Waals surface area contributed by atoms with E-state index >= 15 is 0 Å². The van der Waals surface area contributed by atoms with Crippen molar-refractivity contribution in [3.63, 3.8) is 0 Å². The summed E-state index contributed by atoms with van der Waals surface area (Å²) in [6.45, 7) is 1.27. The Morgan fingerprint density at radius 2 is 1.68 bits per heavy atom. The van der Waals surface area contributed by atoms with Crippen LogP contribution in [0.3, 0.4) is 0 Å². The Labute approximate surface area is 178 Å². The number of aromatic nitrogens is 2. The monoisotopic (exact) mass is 412 g/mol. The van der Waals surface area contributed by atoms with Gasteiger partial charge in [-0.3, -0.25) is 14.6 Å². The maximum absolute atomic E-state index is 13.4. The number of hydrogen-bond acceptors (Lipinski definition) is 6. The van der Waals surface area contributed by atoms with Crippen LogP contribution in [0.5, 0.6) is 0 Å². The lowest BCUT2D eigenvalue weighted by Crippen LogP contribution is -2.32. The number of para-hydroxylation sites is 1. The van der Waals surface area contributed by atoms with E-state index in [1.807, 2.05) is 48.5 Å². The Bertz CT molecular complexity index is 1240. The van der Waals surface area contributed by atoms with Crippen molar-refractivity contribution in [2.24, 2.45) is 0 Å². The highest BCUT2D eigenvalue weighted by atomic mass is 16.6. The van der Waals surface area contributed by atoms with Crippen molar-refractivity contribution >= 4 is 28.5 Å². The molecule has 0 bridgehead atoms. The Morgan fingerprint density at radius 3 is 2.39 bits per heavy atom. The van der Waals surface area contributed by atoms with Crippen molar-refractivity contribution in [1.29, 1.82) is 0 Å². The molecule has 0 fully saturated rings. The molecule has 3 N–H and O–H groups in total. The Morgan fingerprint density at radius 1 is 0.968 bits per heavy atom. The van der Waals surface area contributed by atoms with Crippen molar-refractivity contribution in [2.75, 3.05) is 5.73 Å². The molecule has 0 aliphatic rings. The summed E-state index contributed by atoms with van der Waals surface area (Å²) in [4.78, 5) is 33.9. The number of pyridine rings is 2. The van der Waals surface area contributed by atoms with Crippen LogP contribution in [0.2, 0.25) is 0 Å². The van der Waals surface area contributed by atoms with Gasteiger partial charge < -0.3 is 15.8 Å². The third-order valence-corrected chi connectivity index (χ3v) is 4.71. The van der Waals surface area contributed by atoms with Gasteiger partial charge in [-0.2, -0.15) is 0 Å². The Hall–Kier alpha value is -4.26. The number of fused-ring (bicyclic) bond motifs is 1. The van der Waals surface area contributed by atoms with Gasteiger partial charge in [-0.15, -0.1) is 0 Å². The molecule has 0 aliphatic heterocycles. The number of carbonyl (C=O) groups excluding carboxylic acids is 2. The van der Waals surface area contributed by atoms with Crippen molar-refractivity contribution in [1.82, 2.24) is 15.3 Å². The smallest absolute Gasteiger partial charge is 0.304 e. The fourth-order valence-corrected chi connectivity index (χ4v) is 3.34. The average molecular weight is 412 g/mol. The van der Waals surface area contributed by atoms with Crippen LogP contribution in [0.1, 0.15) is 29.2 Å². The lowest BCUT2D eigenvalue weighted by molar-refractivity contribution is -0.147. The zero-order valence-electron chi connectivity index (χ0n) is 16.8. The molecule has 4 rings (SSSR count). The van der Waals surface area contributed by atoms with Crippen LogP contribution < -0.4 is 11.1 Å². The van der Waals surface area contributed by atoms with E-state index in [4.69, 9.17) is 10.5 Å². The summed E-state index contributed by atoms with van der Waals surface area (Å²) in [5.41, 5.74) is 9.27. The fraction of sp³-hybridized carbons (Fsp3) is 0.0833. The second kappa shape index (κ2) is 8.62. The van der Waals surface area contributed by atoms with Crippen LogP contribution in [0, 0.1) is 0 Å². The quantitative estimate of drug-likeness (QED) is 0.381. The highest BCUT2D eigenvalue weighted by Crippen LogP contribution is 2.32. The van der Waals surface area contributed by atoms with Crippen molar-refractivity contribution < 1.29 is 14.3 Å². The van der Waals surface area contributed by atoms with Gasteiger partial charge in [-0.05, 0) is 18.2 Å². The molecule has 0 radical (unpaired) electrons. The second-order valence-corrected chi connectivity index (χ2v) is 6.85. The first-order valence-electron chi connectivity index (χ1n) is 9.67. The minimum Gasteiger partial charge on any atom is -0.436 e. The van der Waals surface area contributed by atoms with Crippen LogP contribution in [0.4, 0.5) is 5.69 Å². The van der Waals surface area contributed by atoms with Gasteiger partial charge in [0.2, 0.25) is 6.23 Å². The van der Waals surface area contributed by atoms with Gasteiger partial charge >= 0.3 is 5.97 Å². The molecule has 2 aromatic heterocycles. The molecule has 2 aromatic carbocycles.